The molecule has 21 heavy (non-hydrogen) atoms. The van der Waals surface area contributed by atoms with Gasteiger partial charge >= 0.3 is 5.97 Å². The topological polar surface area (TPSA) is 61.6 Å². The average Bonchev–Trinajstić information content (AvgIpc) is 2.86. The summed E-state index contributed by atoms with van der Waals surface area (Å²) in [7, 11) is 0. The Balaban J connectivity index is 1.67. The van der Waals surface area contributed by atoms with Crippen molar-refractivity contribution in [2.75, 3.05) is 23.8 Å². The van der Waals surface area contributed by atoms with Crippen molar-refractivity contribution in [2.45, 2.75) is 31.0 Å². The number of halogens is 1. The number of carbonyl (C=O) groups is 1. The van der Waals surface area contributed by atoms with Crippen molar-refractivity contribution in [1.29, 1.82) is 0 Å². The quantitative estimate of drug-likeness (QED) is 0.672. The molecular weight excluding hydrogens is 293 g/mol. The van der Waals surface area contributed by atoms with Crippen LogP contribution >= 0.6 is 11.8 Å². The molecular formula is C15H18FNO3S. The number of carbonyl (C=O) groups excluding carboxylic acids is 1. The highest BCUT2D eigenvalue weighted by atomic mass is 32.2. The largest absolute Gasteiger partial charge is 0.458 e. The van der Waals surface area contributed by atoms with Crippen LogP contribution in [0.15, 0.2) is 18.2 Å². The van der Waals surface area contributed by atoms with E-state index < -0.39 is 11.8 Å². The summed E-state index contributed by atoms with van der Waals surface area (Å²) < 4.78 is 25.1. The van der Waals surface area contributed by atoms with Crippen molar-refractivity contribution in [2.24, 2.45) is 0 Å². The van der Waals surface area contributed by atoms with Crippen molar-refractivity contribution in [3.8, 4) is 0 Å². The Hall–Kier alpha value is -1.27. The molecule has 6 heteroatoms. The number of anilines is 1. The highest BCUT2D eigenvalue weighted by molar-refractivity contribution is 7.99. The summed E-state index contributed by atoms with van der Waals surface area (Å²) in [6, 6.07) is 4.00. The van der Waals surface area contributed by atoms with Gasteiger partial charge in [0.15, 0.2) is 0 Å². The third-order valence-corrected chi connectivity index (χ3v) is 5.22. The van der Waals surface area contributed by atoms with Crippen molar-refractivity contribution < 1.29 is 18.7 Å². The third-order valence-electron chi connectivity index (χ3n) is 4.00. The van der Waals surface area contributed by atoms with Crippen LogP contribution < -0.4 is 5.73 Å². The van der Waals surface area contributed by atoms with Gasteiger partial charge in [0.2, 0.25) is 0 Å². The number of rotatable bonds is 2. The lowest BCUT2D eigenvalue weighted by atomic mass is 9.91. The van der Waals surface area contributed by atoms with E-state index in [1.807, 2.05) is 11.8 Å². The standard InChI is InChI=1S/C15H18FNO3S/c16-13-7-10(17)1-2-12(13)14(18)20-11-3-5-19-15(8-11)4-6-21-9-15/h1-2,7,11H,3-6,8-9,17H2. The lowest BCUT2D eigenvalue weighted by molar-refractivity contribution is -0.106. The first-order valence-corrected chi connectivity index (χ1v) is 8.21. The molecule has 2 unspecified atom stereocenters. The SMILES string of the molecule is Nc1ccc(C(=O)OC2CCOC3(CCSC3)C2)c(F)c1. The molecule has 0 amide bonds. The van der Waals surface area contributed by atoms with Gasteiger partial charge in [-0.2, -0.15) is 11.8 Å². The molecule has 2 heterocycles. The summed E-state index contributed by atoms with van der Waals surface area (Å²) in [5.41, 5.74) is 5.54. The zero-order valence-corrected chi connectivity index (χ0v) is 12.5. The summed E-state index contributed by atoms with van der Waals surface area (Å²) >= 11 is 1.86. The fourth-order valence-corrected chi connectivity index (χ4v) is 4.24. The molecule has 4 nitrogen and oxygen atoms in total. The predicted molar refractivity (Wildman–Crippen MR) is 79.9 cm³/mol. The first-order valence-electron chi connectivity index (χ1n) is 7.06. The van der Waals surface area contributed by atoms with Crippen LogP contribution in [0.25, 0.3) is 0 Å². The second-order valence-electron chi connectivity index (χ2n) is 5.59. The van der Waals surface area contributed by atoms with Crippen molar-refractivity contribution in [3.63, 3.8) is 0 Å². The maximum atomic E-state index is 13.7. The van der Waals surface area contributed by atoms with Gasteiger partial charge in [0.05, 0.1) is 17.8 Å². The molecule has 2 saturated heterocycles. The number of nitrogen functional groups attached to an aromatic ring is 1. The van der Waals surface area contributed by atoms with E-state index >= 15 is 0 Å². The predicted octanol–water partition coefficient (Wildman–Crippen LogP) is 2.62. The summed E-state index contributed by atoms with van der Waals surface area (Å²) in [4.78, 5) is 12.1. The van der Waals surface area contributed by atoms with E-state index in [-0.39, 0.29) is 23.0 Å². The summed E-state index contributed by atoms with van der Waals surface area (Å²) in [5, 5.41) is 0. The molecule has 0 radical (unpaired) electrons. The van der Waals surface area contributed by atoms with Gasteiger partial charge in [-0.3, -0.25) is 0 Å². The van der Waals surface area contributed by atoms with Gasteiger partial charge in [0.1, 0.15) is 11.9 Å². The lowest BCUT2D eigenvalue weighted by Crippen LogP contribution is -2.43. The lowest BCUT2D eigenvalue weighted by Gasteiger charge is -2.37. The van der Waals surface area contributed by atoms with Crippen LogP contribution in [0.1, 0.15) is 29.6 Å². The molecule has 0 saturated carbocycles. The molecule has 2 aliphatic heterocycles. The molecule has 114 valence electrons. The molecule has 0 aliphatic carbocycles. The first-order chi connectivity index (χ1) is 10.1. The Bertz CT molecular complexity index is 546. The highest BCUT2D eigenvalue weighted by Crippen LogP contribution is 2.39. The van der Waals surface area contributed by atoms with Gasteiger partial charge in [0, 0.05) is 24.3 Å². The van der Waals surface area contributed by atoms with Crippen LogP contribution in [0.5, 0.6) is 0 Å². The zero-order valence-electron chi connectivity index (χ0n) is 11.6. The minimum Gasteiger partial charge on any atom is -0.458 e. The molecule has 2 aliphatic rings. The molecule has 0 aromatic heterocycles. The number of ether oxygens (including phenoxy) is 2. The second-order valence-corrected chi connectivity index (χ2v) is 6.70. The summed E-state index contributed by atoms with van der Waals surface area (Å²) in [6.45, 7) is 0.586. The number of esters is 1. The highest BCUT2D eigenvalue weighted by Gasteiger charge is 2.41. The van der Waals surface area contributed by atoms with Crippen molar-refractivity contribution >= 4 is 23.4 Å². The Labute approximate surface area is 127 Å². The smallest absolute Gasteiger partial charge is 0.341 e. The summed E-state index contributed by atoms with van der Waals surface area (Å²) in [5.74, 6) is 0.753. The molecule has 1 aromatic rings. The van der Waals surface area contributed by atoms with E-state index in [0.29, 0.717) is 19.4 Å². The van der Waals surface area contributed by atoms with Gasteiger partial charge in [-0.25, -0.2) is 9.18 Å². The van der Waals surface area contributed by atoms with Gasteiger partial charge in [0.25, 0.3) is 0 Å². The summed E-state index contributed by atoms with van der Waals surface area (Å²) in [6.07, 6.45) is 2.14. The van der Waals surface area contributed by atoms with Crippen LogP contribution in [0.2, 0.25) is 0 Å². The van der Waals surface area contributed by atoms with Crippen molar-refractivity contribution in [1.82, 2.24) is 0 Å². The van der Waals surface area contributed by atoms with E-state index in [2.05, 4.69) is 0 Å². The van der Waals surface area contributed by atoms with E-state index in [9.17, 15) is 9.18 Å². The Kier molecular flexibility index (Phi) is 4.08. The Morgan fingerprint density at radius 3 is 3.10 bits per heavy atom. The van der Waals surface area contributed by atoms with E-state index in [1.165, 1.54) is 12.1 Å². The van der Waals surface area contributed by atoms with Crippen LogP contribution in [-0.4, -0.2) is 35.8 Å². The first kappa shape index (κ1) is 14.7. The Morgan fingerprint density at radius 1 is 1.52 bits per heavy atom. The van der Waals surface area contributed by atoms with Crippen LogP contribution in [0.3, 0.4) is 0 Å². The number of benzene rings is 1. The van der Waals surface area contributed by atoms with Gasteiger partial charge in [-0.1, -0.05) is 0 Å². The van der Waals surface area contributed by atoms with Gasteiger partial charge in [-0.05, 0) is 30.4 Å². The van der Waals surface area contributed by atoms with Gasteiger partial charge in [-0.15, -0.1) is 0 Å². The van der Waals surface area contributed by atoms with E-state index in [4.69, 9.17) is 15.2 Å². The number of thioether (sulfide) groups is 1. The average molecular weight is 311 g/mol. The maximum absolute atomic E-state index is 13.7. The van der Waals surface area contributed by atoms with Gasteiger partial charge < -0.3 is 15.2 Å². The third kappa shape index (κ3) is 3.16. The van der Waals surface area contributed by atoms with E-state index in [1.54, 1.807) is 0 Å². The minimum atomic E-state index is -0.641. The maximum Gasteiger partial charge on any atom is 0.341 e. The monoisotopic (exact) mass is 311 g/mol. The van der Waals surface area contributed by atoms with Crippen molar-refractivity contribution in [3.05, 3.63) is 29.6 Å². The number of hydrogen-bond donors (Lipinski definition) is 1. The molecule has 1 aromatic carbocycles. The molecule has 2 atom stereocenters. The fourth-order valence-electron chi connectivity index (χ4n) is 2.86. The Morgan fingerprint density at radius 2 is 2.38 bits per heavy atom. The molecule has 1 spiro atoms. The van der Waals surface area contributed by atoms with Crippen LogP contribution in [-0.2, 0) is 9.47 Å². The molecule has 2 N–H and O–H groups in total. The number of nitrogens with two attached hydrogens (primary N) is 1. The molecule has 2 fully saturated rings. The fraction of sp³-hybridized carbons (Fsp3) is 0.533. The van der Waals surface area contributed by atoms with Crippen LogP contribution in [0.4, 0.5) is 10.1 Å². The minimum absolute atomic E-state index is 0.0643. The normalized spacial score (nSPS) is 28.7. The second kappa shape index (κ2) is 5.85. The van der Waals surface area contributed by atoms with E-state index in [0.717, 1.165) is 24.0 Å². The van der Waals surface area contributed by atoms with Crippen LogP contribution in [0, 0.1) is 5.82 Å². The zero-order chi connectivity index (χ0) is 14.9. The molecule has 0 bridgehead atoms. The molecule has 3 rings (SSSR count). The number of hydrogen-bond acceptors (Lipinski definition) is 5.